The van der Waals surface area contributed by atoms with Gasteiger partial charge in [0.25, 0.3) is 0 Å². The molecule has 0 radical (unpaired) electrons. The molecule has 0 saturated heterocycles. The van der Waals surface area contributed by atoms with Crippen molar-refractivity contribution < 1.29 is 107 Å². The van der Waals surface area contributed by atoms with E-state index in [9.17, 15) is 0 Å². The molecule has 1 nitrogen and oxygen atoms in total. The molecule has 0 rings (SSSR count). The summed E-state index contributed by atoms with van der Waals surface area (Å²) < 4.78 is 0. The Bertz CT molecular complexity index is 13.7. The van der Waals surface area contributed by atoms with Crippen LogP contribution in [0, 0.1) is 0 Å². The number of hydrogen-bond acceptors (Lipinski definition) is 0. The third-order valence-corrected chi connectivity index (χ3v) is 0. The molecule has 7 heteroatoms. The van der Waals surface area contributed by atoms with Crippen LogP contribution in [0.25, 0.3) is 0 Å². The Morgan fingerprint density at radius 1 is 0.571 bits per heavy atom. The van der Waals surface area contributed by atoms with Crippen LogP contribution in [-0.2, 0) is 102 Å². The van der Waals surface area contributed by atoms with Gasteiger partial charge in [0, 0.05) is 102 Å². The maximum atomic E-state index is 0. The van der Waals surface area contributed by atoms with Crippen LogP contribution < -0.4 is 0 Å². The third kappa shape index (κ3) is 48.3. The minimum atomic E-state index is 0. The van der Waals surface area contributed by atoms with Gasteiger partial charge >= 0.3 is 0 Å². The summed E-state index contributed by atoms with van der Waals surface area (Å²) in [6.07, 6.45) is 0. The van der Waals surface area contributed by atoms with Crippen LogP contribution in [0.2, 0.25) is 0 Å². The van der Waals surface area contributed by atoms with Crippen molar-refractivity contribution in [2.24, 2.45) is 0 Å². The van der Waals surface area contributed by atoms with E-state index in [2.05, 4.69) is 0 Å². The van der Waals surface area contributed by atoms with Gasteiger partial charge in [-0.05, 0) is 0 Å². The summed E-state index contributed by atoms with van der Waals surface area (Å²) in [6, 6.07) is 0. The molecule has 0 aliphatic rings. The van der Waals surface area contributed by atoms with Crippen molar-refractivity contribution in [2.45, 2.75) is 0 Å². The second kappa shape index (κ2) is 63.0. The summed E-state index contributed by atoms with van der Waals surface area (Å²) in [4.78, 5) is 0. The largest absolute Gasteiger partial charge is 0.412 e. The summed E-state index contributed by atoms with van der Waals surface area (Å²) in [6.45, 7) is 0. The van der Waals surface area contributed by atoms with Gasteiger partial charge in [0.15, 0.2) is 0 Å². The van der Waals surface area contributed by atoms with E-state index >= 15 is 0 Å². The van der Waals surface area contributed by atoms with E-state index in [1.54, 1.807) is 0 Å². The second-order valence-corrected chi connectivity index (χ2v) is 0. The summed E-state index contributed by atoms with van der Waals surface area (Å²) >= 11 is 0. The van der Waals surface area contributed by atoms with Crippen molar-refractivity contribution in [1.82, 2.24) is 0 Å². The first kappa shape index (κ1) is 88.5. The zero-order valence-electron chi connectivity index (χ0n) is 2.66. The molecule has 0 bridgehead atoms. The fourth-order valence-electron chi connectivity index (χ4n) is 0. The van der Waals surface area contributed by atoms with Crippen LogP contribution in [0.3, 0.4) is 0 Å². The first-order chi connectivity index (χ1) is 0. The molecule has 0 unspecified atom stereocenters. The van der Waals surface area contributed by atoms with E-state index in [1.807, 2.05) is 0 Å². The molecule has 56 valence electrons. The van der Waals surface area contributed by atoms with Crippen LogP contribution in [0.4, 0.5) is 0 Å². The number of hydrogen-bond donors (Lipinski definition) is 0. The summed E-state index contributed by atoms with van der Waals surface area (Å²) in [7, 11) is 0. The van der Waals surface area contributed by atoms with Crippen molar-refractivity contribution in [3.63, 3.8) is 0 Å². The first-order valence-corrected chi connectivity index (χ1v) is 0. The second-order valence-electron chi connectivity index (χ2n) is 0. The Kier molecular flexibility index (Phi) is 796. The fourth-order valence-corrected chi connectivity index (χ4v) is 0. The van der Waals surface area contributed by atoms with E-state index in [0.717, 1.165) is 0 Å². The van der Waals surface area contributed by atoms with Crippen LogP contribution in [0.1, 0.15) is 0 Å². The van der Waals surface area contributed by atoms with E-state index < -0.39 is 0 Å². The molecular weight excluding hydrogens is 349 g/mol. The Balaban J connectivity index is 0. The molecule has 2 N–H and O–H groups in total. The van der Waals surface area contributed by atoms with Gasteiger partial charge in [0.2, 0.25) is 0 Å². The molecular formula is H2Cr2Fe2Ni2O. The Labute approximate surface area is 106 Å². The molecule has 0 aromatic heterocycles. The van der Waals surface area contributed by atoms with Crippen molar-refractivity contribution >= 4 is 0 Å². The van der Waals surface area contributed by atoms with E-state index in [-0.39, 0.29) is 107 Å². The smallest absolute Gasteiger partial charge is 0 e. The van der Waals surface area contributed by atoms with Crippen LogP contribution in [-0.4, -0.2) is 5.48 Å². The normalized spacial score (nSPS) is 0. The average Bonchev–Trinajstić information content (AvgIpc) is 0. The standard InChI is InChI=1S/2Cr.2Fe.2Ni.H2O/h;;;;;;1H2. The van der Waals surface area contributed by atoms with E-state index in [4.69, 9.17) is 0 Å². The summed E-state index contributed by atoms with van der Waals surface area (Å²) in [5.74, 6) is 0. The zero-order chi connectivity index (χ0) is 0. The van der Waals surface area contributed by atoms with Crippen molar-refractivity contribution in [1.29, 1.82) is 0 Å². The summed E-state index contributed by atoms with van der Waals surface area (Å²) in [5.41, 5.74) is 0. The van der Waals surface area contributed by atoms with Gasteiger partial charge < -0.3 is 5.48 Å². The molecule has 0 spiro atoms. The fraction of sp³-hybridized carbons (Fsp3) is 0. The number of rotatable bonds is 0. The van der Waals surface area contributed by atoms with Crippen molar-refractivity contribution in [3.05, 3.63) is 0 Å². The molecule has 0 fully saturated rings. The topological polar surface area (TPSA) is 31.5 Å². The molecule has 0 atom stereocenters. The van der Waals surface area contributed by atoms with Gasteiger partial charge in [0.1, 0.15) is 0 Å². The van der Waals surface area contributed by atoms with Gasteiger partial charge in [-0.1, -0.05) is 0 Å². The van der Waals surface area contributed by atoms with E-state index in [1.165, 1.54) is 0 Å². The molecule has 0 aromatic rings. The minimum Gasteiger partial charge on any atom is -0.412 e. The summed E-state index contributed by atoms with van der Waals surface area (Å²) in [5, 5.41) is 0. The average molecular weight is 351 g/mol. The van der Waals surface area contributed by atoms with Crippen molar-refractivity contribution in [3.8, 4) is 0 Å². The molecule has 0 aliphatic heterocycles. The Morgan fingerprint density at radius 3 is 0.571 bits per heavy atom. The molecule has 0 aromatic carbocycles. The predicted octanol–water partition coefficient (Wildman–Crippen LogP) is -0.840. The SMILES string of the molecule is O.[Cr].[Cr].[Fe].[Fe].[Ni].[Ni]. The maximum absolute atomic E-state index is 0. The quantitative estimate of drug-likeness (QED) is 0.510. The van der Waals surface area contributed by atoms with Gasteiger partial charge in [-0.15, -0.1) is 0 Å². The Morgan fingerprint density at radius 2 is 0.571 bits per heavy atom. The molecule has 7 heavy (non-hydrogen) atoms. The zero-order valence-corrected chi connectivity index (χ0v) is 9.39. The third-order valence-electron chi connectivity index (χ3n) is 0. The minimum absolute atomic E-state index is 0. The van der Waals surface area contributed by atoms with Gasteiger partial charge in [-0.25, -0.2) is 0 Å². The molecule has 0 saturated carbocycles. The van der Waals surface area contributed by atoms with Crippen LogP contribution >= 0.6 is 0 Å². The Hall–Kier alpha value is 3.05. The molecule has 0 aliphatic carbocycles. The van der Waals surface area contributed by atoms with Gasteiger partial charge in [0.05, 0.1) is 0 Å². The first-order valence-electron chi connectivity index (χ1n) is 0. The monoisotopic (exact) mass is 350 g/mol. The predicted molar refractivity (Wildman–Crippen MR) is 3.61 cm³/mol. The van der Waals surface area contributed by atoms with Gasteiger partial charge in [-0.3, -0.25) is 0 Å². The van der Waals surface area contributed by atoms with Crippen LogP contribution in [0.15, 0.2) is 0 Å². The molecule has 0 amide bonds. The molecule has 0 heterocycles. The van der Waals surface area contributed by atoms with Gasteiger partial charge in [-0.2, -0.15) is 0 Å². The maximum Gasteiger partial charge on any atom is 0 e. The van der Waals surface area contributed by atoms with E-state index in [0.29, 0.717) is 0 Å². The van der Waals surface area contributed by atoms with Crippen molar-refractivity contribution in [2.75, 3.05) is 0 Å². The van der Waals surface area contributed by atoms with Crippen LogP contribution in [0.5, 0.6) is 0 Å².